The van der Waals surface area contributed by atoms with Gasteiger partial charge in [0.1, 0.15) is 17.7 Å². The fourth-order valence-electron chi connectivity index (χ4n) is 2.89. The van der Waals surface area contributed by atoms with Gasteiger partial charge in [-0.3, -0.25) is 9.38 Å². The van der Waals surface area contributed by atoms with Gasteiger partial charge in [-0.1, -0.05) is 17.7 Å². The summed E-state index contributed by atoms with van der Waals surface area (Å²) in [4.78, 5) is 8.67. The van der Waals surface area contributed by atoms with E-state index in [4.69, 9.17) is 17.3 Å². The van der Waals surface area contributed by atoms with Crippen LogP contribution in [0, 0.1) is 5.82 Å². The van der Waals surface area contributed by atoms with Crippen molar-refractivity contribution in [2.45, 2.75) is 6.23 Å². The molecule has 3 aromatic heterocycles. The van der Waals surface area contributed by atoms with Crippen molar-refractivity contribution in [3.8, 4) is 22.4 Å². The zero-order chi connectivity index (χ0) is 18.3. The Labute approximate surface area is 153 Å². The topological polar surface area (TPSA) is 76.4 Å². The summed E-state index contributed by atoms with van der Waals surface area (Å²) in [6.07, 6.45) is 3.90. The highest BCUT2D eigenvalue weighted by Crippen LogP contribution is 2.32. The van der Waals surface area contributed by atoms with Gasteiger partial charge in [-0.2, -0.15) is 0 Å². The maximum Gasteiger partial charge on any atom is 0.145 e. The normalized spacial score (nSPS) is 12.5. The molecule has 0 amide bonds. The van der Waals surface area contributed by atoms with Gasteiger partial charge >= 0.3 is 0 Å². The predicted octanol–water partition coefficient (Wildman–Crippen LogP) is 3.81. The van der Waals surface area contributed by atoms with Crippen molar-refractivity contribution < 1.29 is 9.50 Å². The largest absolute Gasteiger partial charge is 0.373 e. The first-order valence-corrected chi connectivity index (χ1v) is 8.24. The first kappa shape index (κ1) is 16.7. The predicted molar refractivity (Wildman–Crippen MR) is 98.0 cm³/mol. The van der Waals surface area contributed by atoms with Gasteiger partial charge in [-0.05, 0) is 36.4 Å². The lowest BCUT2D eigenvalue weighted by Gasteiger charge is -2.11. The van der Waals surface area contributed by atoms with Crippen molar-refractivity contribution in [2.75, 3.05) is 0 Å². The molecule has 0 radical (unpaired) electrons. The maximum atomic E-state index is 13.5. The smallest absolute Gasteiger partial charge is 0.145 e. The van der Waals surface area contributed by atoms with Crippen LogP contribution in [0.4, 0.5) is 4.39 Å². The van der Waals surface area contributed by atoms with Gasteiger partial charge in [0.05, 0.1) is 22.6 Å². The van der Waals surface area contributed by atoms with Crippen molar-refractivity contribution in [3.63, 3.8) is 0 Å². The van der Waals surface area contributed by atoms with Crippen molar-refractivity contribution in [1.29, 1.82) is 0 Å². The van der Waals surface area contributed by atoms with Crippen LogP contribution in [-0.2, 0) is 0 Å². The molecule has 3 N–H and O–H groups in total. The summed E-state index contributed by atoms with van der Waals surface area (Å²) >= 11 is 5.92. The Kier molecular flexibility index (Phi) is 4.16. The van der Waals surface area contributed by atoms with Gasteiger partial charge in [-0.25, -0.2) is 9.37 Å². The van der Waals surface area contributed by atoms with E-state index in [9.17, 15) is 9.50 Å². The Bertz CT molecular complexity index is 1110. The van der Waals surface area contributed by atoms with Gasteiger partial charge in [0.15, 0.2) is 0 Å². The van der Waals surface area contributed by atoms with Crippen LogP contribution in [0.5, 0.6) is 0 Å². The number of pyridine rings is 2. The Morgan fingerprint density at radius 2 is 1.92 bits per heavy atom. The Morgan fingerprint density at radius 3 is 2.69 bits per heavy atom. The van der Waals surface area contributed by atoms with E-state index in [1.54, 1.807) is 22.7 Å². The zero-order valence-electron chi connectivity index (χ0n) is 13.5. The number of benzene rings is 1. The Hall–Kier alpha value is -2.80. The van der Waals surface area contributed by atoms with E-state index >= 15 is 0 Å². The average molecular weight is 369 g/mol. The molecule has 0 aliphatic heterocycles. The van der Waals surface area contributed by atoms with E-state index in [0.29, 0.717) is 22.6 Å². The summed E-state index contributed by atoms with van der Waals surface area (Å²) in [7, 11) is 0. The average Bonchev–Trinajstić information content (AvgIpc) is 3.07. The van der Waals surface area contributed by atoms with Crippen LogP contribution >= 0.6 is 11.6 Å². The monoisotopic (exact) mass is 368 g/mol. The number of fused-ring (bicyclic) bond motifs is 1. The highest BCUT2D eigenvalue weighted by atomic mass is 35.5. The molecule has 4 aromatic rings. The number of aliphatic hydroxyl groups excluding tert-OH is 1. The number of hydrogen-bond donors (Lipinski definition) is 2. The van der Waals surface area contributed by atoms with Gasteiger partial charge < -0.3 is 10.8 Å². The third-order valence-electron chi connectivity index (χ3n) is 4.15. The second-order valence-electron chi connectivity index (χ2n) is 5.80. The van der Waals surface area contributed by atoms with E-state index in [1.807, 2.05) is 30.5 Å². The van der Waals surface area contributed by atoms with E-state index < -0.39 is 12.0 Å². The molecule has 1 aromatic carbocycles. The second kappa shape index (κ2) is 6.49. The molecule has 1 atom stereocenters. The van der Waals surface area contributed by atoms with Crippen LogP contribution in [0.1, 0.15) is 11.9 Å². The number of nitrogens with zero attached hydrogens (tertiary/aromatic N) is 3. The lowest BCUT2D eigenvalue weighted by molar-refractivity contribution is 0.180. The van der Waals surface area contributed by atoms with Crippen LogP contribution in [-0.4, -0.2) is 19.5 Å². The first-order valence-electron chi connectivity index (χ1n) is 7.86. The lowest BCUT2D eigenvalue weighted by Crippen LogP contribution is -2.11. The van der Waals surface area contributed by atoms with Crippen LogP contribution < -0.4 is 5.73 Å². The van der Waals surface area contributed by atoms with Crippen molar-refractivity contribution in [2.24, 2.45) is 5.73 Å². The molecule has 0 saturated heterocycles. The quantitative estimate of drug-likeness (QED) is 0.539. The van der Waals surface area contributed by atoms with E-state index in [1.165, 1.54) is 12.3 Å². The summed E-state index contributed by atoms with van der Waals surface area (Å²) in [6.45, 7) is 0. The highest BCUT2D eigenvalue weighted by Gasteiger charge is 2.13. The number of rotatable bonds is 3. The minimum Gasteiger partial charge on any atom is -0.373 e. The molecule has 0 aliphatic rings. The minimum absolute atomic E-state index is 0.0395. The standard InChI is InChI=1S/C19H14ClFN4O/c20-14-8-11(3-5-15(14)21)18-13(2-1-7-23-18)12-4-6-17-24-9-16(19(22)26)25(17)10-12/h1-10,19,26H,22H2/t19-/m0/s1. The Morgan fingerprint density at radius 1 is 1.12 bits per heavy atom. The Balaban J connectivity index is 1.90. The molecule has 0 aliphatic carbocycles. The molecular weight excluding hydrogens is 355 g/mol. The number of halogens is 2. The lowest BCUT2D eigenvalue weighted by atomic mass is 10.0. The third-order valence-corrected chi connectivity index (χ3v) is 4.44. The first-order chi connectivity index (χ1) is 12.5. The molecule has 0 saturated carbocycles. The molecule has 0 unspecified atom stereocenters. The van der Waals surface area contributed by atoms with Gasteiger partial charge in [0, 0.05) is 29.1 Å². The fourth-order valence-corrected chi connectivity index (χ4v) is 3.07. The van der Waals surface area contributed by atoms with Gasteiger partial charge in [-0.15, -0.1) is 0 Å². The molecule has 130 valence electrons. The van der Waals surface area contributed by atoms with Crippen LogP contribution in [0.15, 0.2) is 61.1 Å². The number of aromatic nitrogens is 3. The molecule has 3 heterocycles. The molecule has 4 rings (SSSR count). The molecule has 0 spiro atoms. The van der Waals surface area contributed by atoms with Crippen molar-refractivity contribution >= 4 is 17.2 Å². The molecule has 7 heteroatoms. The number of aliphatic hydroxyl groups is 1. The third kappa shape index (κ3) is 2.84. The summed E-state index contributed by atoms with van der Waals surface area (Å²) < 4.78 is 15.2. The maximum absolute atomic E-state index is 13.5. The number of nitrogens with two attached hydrogens (primary N) is 1. The fraction of sp³-hybridized carbons (Fsp3) is 0.0526. The van der Waals surface area contributed by atoms with Gasteiger partial charge in [0.2, 0.25) is 0 Å². The number of imidazole rings is 1. The minimum atomic E-state index is -1.13. The SMILES string of the molecule is N[C@@H](O)c1cnc2ccc(-c3cccnc3-c3ccc(F)c(Cl)c3)cn12. The zero-order valence-corrected chi connectivity index (χ0v) is 14.2. The molecule has 26 heavy (non-hydrogen) atoms. The second-order valence-corrected chi connectivity index (χ2v) is 6.21. The molecular formula is C19H14ClFN4O. The highest BCUT2D eigenvalue weighted by molar-refractivity contribution is 6.31. The molecule has 0 fully saturated rings. The van der Waals surface area contributed by atoms with Crippen LogP contribution in [0.2, 0.25) is 5.02 Å². The summed E-state index contributed by atoms with van der Waals surface area (Å²) in [6, 6.07) is 12.0. The summed E-state index contributed by atoms with van der Waals surface area (Å²) in [5.74, 6) is -0.477. The van der Waals surface area contributed by atoms with Crippen LogP contribution in [0.25, 0.3) is 28.0 Å². The van der Waals surface area contributed by atoms with Crippen molar-refractivity contribution in [1.82, 2.24) is 14.4 Å². The van der Waals surface area contributed by atoms with Gasteiger partial charge in [0.25, 0.3) is 0 Å². The molecule has 0 bridgehead atoms. The van der Waals surface area contributed by atoms with Crippen LogP contribution in [0.3, 0.4) is 0 Å². The van der Waals surface area contributed by atoms with E-state index in [-0.39, 0.29) is 5.02 Å². The summed E-state index contributed by atoms with van der Waals surface area (Å²) in [5, 5.41) is 9.76. The number of hydrogen-bond acceptors (Lipinski definition) is 4. The van der Waals surface area contributed by atoms with Crippen molar-refractivity contribution in [3.05, 3.63) is 77.6 Å². The van der Waals surface area contributed by atoms with E-state index in [0.717, 1.165) is 11.1 Å². The summed E-state index contributed by atoms with van der Waals surface area (Å²) in [5.41, 5.74) is 9.81. The molecule has 5 nitrogen and oxygen atoms in total. The van der Waals surface area contributed by atoms with E-state index in [2.05, 4.69) is 9.97 Å².